The standard InChI is InChI=1S/C29H34F2N6O2/c1-18(39)35-11-9-26-25(16-35)29(33-37(26)22-7-5-19(17-38)6-8-22)36-10-3-4-20-12-23(21-14-32-34(2)15-21)24(28(30)31)13-27(20)36/h12-15,17,19,22,28H,3-11,16H2,1-2H3. The highest BCUT2D eigenvalue weighted by molar-refractivity contribution is 5.78. The maximum atomic E-state index is 14.4. The molecule has 206 valence electrons. The van der Waals surface area contributed by atoms with Crippen LogP contribution in [0.3, 0.4) is 0 Å². The summed E-state index contributed by atoms with van der Waals surface area (Å²) in [6, 6.07) is 3.72. The smallest absolute Gasteiger partial charge is 0.264 e. The summed E-state index contributed by atoms with van der Waals surface area (Å²) in [6.07, 6.45) is 7.65. The Labute approximate surface area is 226 Å². The second-order valence-corrected chi connectivity index (χ2v) is 11.1. The fourth-order valence-electron chi connectivity index (χ4n) is 6.56. The second-order valence-electron chi connectivity index (χ2n) is 11.1. The van der Waals surface area contributed by atoms with Gasteiger partial charge in [0.2, 0.25) is 5.91 Å². The van der Waals surface area contributed by atoms with E-state index in [0.717, 1.165) is 73.1 Å². The zero-order valence-electron chi connectivity index (χ0n) is 22.4. The Morgan fingerprint density at radius 3 is 2.59 bits per heavy atom. The normalized spacial score (nSPS) is 21.2. The van der Waals surface area contributed by atoms with Crippen molar-refractivity contribution >= 4 is 23.7 Å². The molecular formula is C29H34F2N6O2. The van der Waals surface area contributed by atoms with Gasteiger partial charge in [-0.25, -0.2) is 8.78 Å². The summed E-state index contributed by atoms with van der Waals surface area (Å²) in [7, 11) is 1.78. The van der Waals surface area contributed by atoms with Gasteiger partial charge in [-0.1, -0.05) is 0 Å². The quantitative estimate of drug-likeness (QED) is 0.422. The average molecular weight is 537 g/mol. The summed E-state index contributed by atoms with van der Waals surface area (Å²) in [5.41, 5.74) is 5.10. The lowest BCUT2D eigenvalue weighted by Crippen LogP contribution is -2.36. The Hall–Kier alpha value is -3.56. The van der Waals surface area contributed by atoms with E-state index in [9.17, 15) is 18.4 Å². The van der Waals surface area contributed by atoms with Crippen molar-refractivity contribution in [3.63, 3.8) is 0 Å². The third-order valence-electron chi connectivity index (χ3n) is 8.67. The van der Waals surface area contributed by atoms with E-state index in [2.05, 4.69) is 14.7 Å². The van der Waals surface area contributed by atoms with Gasteiger partial charge in [0.05, 0.1) is 18.8 Å². The number of benzene rings is 1. The lowest BCUT2D eigenvalue weighted by Gasteiger charge is -2.33. The summed E-state index contributed by atoms with van der Waals surface area (Å²) < 4.78 is 32.6. The van der Waals surface area contributed by atoms with E-state index < -0.39 is 6.43 Å². The van der Waals surface area contributed by atoms with Gasteiger partial charge in [0.25, 0.3) is 6.43 Å². The summed E-state index contributed by atoms with van der Waals surface area (Å²) in [5, 5.41) is 9.35. The molecular weight excluding hydrogens is 502 g/mol. The van der Waals surface area contributed by atoms with Crippen LogP contribution < -0.4 is 4.90 Å². The zero-order chi connectivity index (χ0) is 27.3. The van der Waals surface area contributed by atoms with Crippen LogP contribution in [0.5, 0.6) is 0 Å². The number of nitrogens with zero attached hydrogens (tertiary/aromatic N) is 6. The minimum atomic E-state index is -2.64. The number of aryl methyl sites for hydroxylation is 2. The fraction of sp³-hybridized carbons (Fsp3) is 0.517. The van der Waals surface area contributed by atoms with E-state index in [0.29, 0.717) is 37.2 Å². The first-order valence-corrected chi connectivity index (χ1v) is 13.9. The number of carbonyl (C=O) groups excluding carboxylic acids is 2. The molecule has 3 aromatic rings. The number of anilines is 2. The van der Waals surface area contributed by atoms with Crippen molar-refractivity contribution in [2.24, 2.45) is 13.0 Å². The van der Waals surface area contributed by atoms with E-state index in [1.165, 1.54) is 0 Å². The van der Waals surface area contributed by atoms with E-state index in [1.807, 2.05) is 11.0 Å². The summed E-state index contributed by atoms with van der Waals surface area (Å²) >= 11 is 0. The predicted octanol–water partition coefficient (Wildman–Crippen LogP) is 5.14. The highest BCUT2D eigenvalue weighted by atomic mass is 19.3. The summed E-state index contributed by atoms with van der Waals surface area (Å²) in [6.45, 7) is 3.35. The maximum absolute atomic E-state index is 14.4. The molecule has 2 aliphatic heterocycles. The molecule has 1 fully saturated rings. The Bertz CT molecular complexity index is 1400. The van der Waals surface area contributed by atoms with Gasteiger partial charge in [0.1, 0.15) is 6.29 Å². The van der Waals surface area contributed by atoms with Crippen LogP contribution >= 0.6 is 0 Å². The first-order valence-electron chi connectivity index (χ1n) is 13.9. The lowest BCUT2D eigenvalue weighted by molar-refractivity contribution is -0.129. The number of alkyl halides is 2. The molecule has 1 aliphatic carbocycles. The molecule has 4 heterocycles. The number of fused-ring (bicyclic) bond motifs is 2. The monoisotopic (exact) mass is 536 g/mol. The molecule has 1 amide bonds. The van der Waals surface area contributed by atoms with Crippen molar-refractivity contribution in [2.75, 3.05) is 18.0 Å². The Morgan fingerprint density at radius 1 is 1.13 bits per heavy atom. The van der Waals surface area contributed by atoms with Crippen LogP contribution in [0.2, 0.25) is 0 Å². The minimum Gasteiger partial charge on any atom is -0.338 e. The number of carbonyl (C=O) groups is 2. The van der Waals surface area contributed by atoms with Crippen molar-refractivity contribution in [3.8, 4) is 11.1 Å². The molecule has 3 aliphatic rings. The SMILES string of the molecule is CC(=O)N1CCc2c(c(N3CCCc4cc(-c5cnn(C)c5)c(C(F)F)cc43)nn2C2CCC(C=O)CC2)C1. The van der Waals surface area contributed by atoms with Crippen molar-refractivity contribution in [3.05, 3.63) is 46.9 Å². The molecule has 39 heavy (non-hydrogen) atoms. The van der Waals surface area contributed by atoms with Crippen molar-refractivity contribution in [1.82, 2.24) is 24.5 Å². The van der Waals surface area contributed by atoms with Gasteiger partial charge in [0.15, 0.2) is 5.82 Å². The molecule has 0 bridgehead atoms. The van der Waals surface area contributed by atoms with Crippen molar-refractivity contribution in [2.45, 2.75) is 70.9 Å². The van der Waals surface area contributed by atoms with E-state index >= 15 is 0 Å². The van der Waals surface area contributed by atoms with Gasteiger partial charge < -0.3 is 14.6 Å². The van der Waals surface area contributed by atoms with Crippen LogP contribution in [0, 0.1) is 5.92 Å². The molecule has 2 aromatic heterocycles. The van der Waals surface area contributed by atoms with Gasteiger partial charge in [-0.15, -0.1) is 0 Å². The van der Waals surface area contributed by atoms with Gasteiger partial charge >= 0.3 is 0 Å². The number of halogens is 2. The van der Waals surface area contributed by atoms with Gasteiger partial charge in [0, 0.05) is 73.7 Å². The predicted molar refractivity (Wildman–Crippen MR) is 143 cm³/mol. The average Bonchev–Trinajstić information content (AvgIpc) is 3.55. The second kappa shape index (κ2) is 10.2. The van der Waals surface area contributed by atoms with Crippen LogP contribution in [0.15, 0.2) is 24.5 Å². The Balaban J connectivity index is 1.44. The molecule has 6 rings (SSSR count). The van der Waals surface area contributed by atoms with Gasteiger partial charge in [-0.05, 0) is 61.8 Å². The number of hydrogen-bond donors (Lipinski definition) is 0. The number of hydrogen-bond acceptors (Lipinski definition) is 5. The third-order valence-corrected chi connectivity index (χ3v) is 8.67. The van der Waals surface area contributed by atoms with Crippen molar-refractivity contribution in [1.29, 1.82) is 0 Å². The molecule has 0 saturated heterocycles. The summed E-state index contributed by atoms with van der Waals surface area (Å²) in [4.78, 5) is 27.6. The molecule has 0 N–H and O–H groups in total. The number of aromatic nitrogens is 4. The van der Waals surface area contributed by atoms with Crippen molar-refractivity contribution < 1.29 is 18.4 Å². The first kappa shape index (κ1) is 25.7. The van der Waals surface area contributed by atoms with Crippen LogP contribution in [-0.2, 0) is 36.0 Å². The van der Waals surface area contributed by atoms with E-state index in [1.54, 1.807) is 37.1 Å². The topological polar surface area (TPSA) is 76.3 Å². The van der Waals surface area contributed by atoms with E-state index in [-0.39, 0.29) is 23.4 Å². The fourth-order valence-corrected chi connectivity index (χ4v) is 6.56. The molecule has 0 radical (unpaired) electrons. The number of aldehydes is 1. The maximum Gasteiger partial charge on any atom is 0.264 e. The molecule has 0 spiro atoms. The molecule has 1 aromatic carbocycles. The first-order chi connectivity index (χ1) is 18.8. The third kappa shape index (κ3) is 4.63. The summed E-state index contributed by atoms with van der Waals surface area (Å²) in [5.74, 6) is 0.894. The van der Waals surface area contributed by atoms with Crippen LogP contribution in [0.1, 0.15) is 73.9 Å². The highest BCUT2D eigenvalue weighted by Gasteiger charge is 2.34. The number of rotatable bonds is 5. The van der Waals surface area contributed by atoms with Gasteiger partial charge in [-0.3, -0.25) is 14.2 Å². The Morgan fingerprint density at radius 2 is 1.92 bits per heavy atom. The molecule has 1 saturated carbocycles. The largest absolute Gasteiger partial charge is 0.338 e. The lowest BCUT2D eigenvalue weighted by atomic mass is 9.87. The van der Waals surface area contributed by atoms with Crippen LogP contribution in [0.4, 0.5) is 20.3 Å². The highest BCUT2D eigenvalue weighted by Crippen LogP contribution is 2.44. The zero-order valence-corrected chi connectivity index (χ0v) is 22.4. The molecule has 8 nitrogen and oxygen atoms in total. The van der Waals surface area contributed by atoms with E-state index in [4.69, 9.17) is 5.10 Å². The molecule has 0 atom stereocenters. The number of amides is 1. The molecule has 10 heteroatoms. The minimum absolute atomic E-state index is 0.0144. The molecule has 0 unspecified atom stereocenters. The Kier molecular flexibility index (Phi) is 6.72. The van der Waals surface area contributed by atoms with Gasteiger partial charge in [-0.2, -0.15) is 10.2 Å². The van der Waals surface area contributed by atoms with Crippen LogP contribution in [0.25, 0.3) is 11.1 Å². The van der Waals surface area contributed by atoms with Crippen LogP contribution in [-0.4, -0.2) is 49.7 Å².